The van der Waals surface area contributed by atoms with Crippen LogP contribution >= 0.6 is 0 Å². The van der Waals surface area contributed by atoms with Crippen LogP contribution in [0.15, 0.2) is 0 Å². The average molecular weight is 241 g/mol. The summed E-state index contributed by atoms with van der Waals surface area (Å²) in [6.07, 6.45) is -4.58. The Morgan fingerprint density at radius 3 is 2.69 bits per heavy atom. The first-order chi connectivity index (χ1) is 7.33. The Balaban J connectivity index is 2.11. The Kier molecular flexibility index (Phi) is 4.58. The average Bonchev–Trinajstić information content (AvgIpc) is 2.45. The quantitative estimate of drug-likeness (QED) is 0.716. The zero-order valence-corrected chi connectivity index (χ0v) is 9.31. The van der Waals surface area contributed by atoms with Crippen molar-refractivity contribution in [2.24, 2.45) is 0 Å². The standard InChI is InChI=1S/C10H18F3NO2/c1-8-9(15,4-6-16-8)7-14-5-2-3-10(11,12)13/h8,14-15H,2-7H2,1H3. The Morgan fingerprint density at radius 1 is 1.50 bits per heavy atom. The molecule has 6 heteroatoms. The van der Waals surface area contributed by atoms with Gasteiger partial charge in [-0.3, -0.25) is 0 Å². The molecule has 1 aliphatic heterocycles. The van der Waals surface area contributed by atoms with Gasteiger partial charge < -0.3 is 15.2 Å². The topological polar surface area (TPSA) is 41.5 Å². The summed E-state index contributed by atoms with van der Waals surface area (Å²) in [7, 11) is 0. The first-order valence-electron chi connectivity index (χ1n) is 5.45. The fraction of sp³-hybridized carbons (Fsp3) is 1.00. The van der Waals surface area contributed by atoms with E-state index in [4.69, 9.17) is 4.74 Å². The third kappa shape index (κ3) is 4.27. The van der Waals surface area contributed by atoms with Crippen molar-refractivity contribution in [3.05, 3.63) is 0 Å². The van der Waals surface area contributed by atoms with Crippen molar-refractivity contribution >= 4 is 0 Å². The van der Waals surface area contributed by atoms with Crippen LogP contribution < -0.4 is 5.32 Å². The number of aliphatic hydroxyl groups is 1. The first-order valence-corrected chi connectivity index (χ1v) is 5.45. The van der Waals surface area contributed by atoms with E-state index >= 15 is 0 Å². The Bertz CT molecular complexity index is 223. The molecule has 16 heavy (non-hydrogen) atoms. The molecule has 0 aliphatic carbocycles. The number of alkyl halides is 3. The molecular formula is C10H18F3NO2. The van der Waals surface area contributed by atoms with Crippen molar-refractivity contribution in [3.63, 3.8) is 0 Å². The smallest absolute Gasteiger partial charge is 0.386 e. The van der Waals surface area contributed by atoms with Crippen LogP contribution in [0.1, 0.15) is 26.2 Å². The summed E-state index contributed by atoms with van der Waals surface area (Å²) in [6, 6.07) is 0. The maximum absolute atomic E-state index is 11.8. The van der Waals surface area contributed by atoms with E-state index in [0.717, 1.165) is 0 Å². The van der Waals surface area contributed by atoms with Gasteiger partial charge in [0, 0.05) is 26.0 Å². The molecular weight excluding hydrogens is 223 g/mol. The number of ether oxygens (including phenoxy) is 1. The molecule has 3 nitrogen and oxygen atoms in total. The number of nitrogens with one attached hydrogen (secondary N) is 1. The molecule has 1 saturated heterocycles. The van der Waals surface area contributed by atoms with Gasteiger partial charge in [-0.15, -0.1) is 0 Å². The van der Waals surface area contributed by atoms with Crippen molar-refractivity contribution in [1.29, 1.82) is 0 Å². The molecule has 0 saturated carbocycles. The third-order valence-corrected chi connectivity index (χ3v) is 2.90. The minimum Gasteiger partial charge on any atom is -0.386 e. The SMILES string of the molecule is CC1OCCC1(O)CNCCCC(F)(F)F. The second kappa shape index (κ2) is 5.33. The molecule has 1 aliphatic rings. The molecule has 0 aromatic rings. The lowest BCUT2D eigenvalue weighted by molar-refractivity contribution is -0.135. The lowest BCUT2D eigenvalue weighted by atomic mass is 9.97. The molecule has 0 aromatic carbocycles. The van der Waals surface area contributed by atoms with Crippen LogP contribution in [0, 0.1) is 0 Å². The van der Waals surface area contributed by atoms with E-state index in [2.05, 4.69) is 5.32 Å². The first kappa shape index (κ1) is 13.7. The summed E-state index contributed by atoms with van der Waals surface area (Å²) in [4.78, 5) is 0. The number of halogens is 3. The molecule has 0 radical (unpaired) electrons. The van der Waals surface area contributed by atoms with Crippen molar-refractivity contribution in [1.82, 2.24) is 5.32 Å². The van der Waals surface area contributed by atoms with Gasteiger partial charge in [0.15, 0.2) is 0 Å². The monoisotopic (exact) mass is 241 g/mol. The number of rotatable bonds is 5. The maximum atomic E-state index is 11.8. The van der Waals surface area contributed by atoms with E-state index < -0.39 is 18.2 Å². The largest absolute Gasteiger partial charge is 0.389 e. The highest BCUT2D eigenvalue weighted by molar-refractivity contribution is 4.91. The van der Waals surface area contributed by atoms with Gasteiger partial charge in [-0.05, 0) is 19.9 Å². The van der Waals surface area contributed by atoms with Gasteiger partial charge in [0.25, 0.3) is 0 Å². The van der Waals surface area contributed by atoms with Crippen LogP contribution in [0.25, 0.3) is 0 Å². The molecule has 1 heterocycles. The molecule has 1 rings (SSSR count). The van der Waals surface area contributed by atoms with E-state index in [-0.39, 0.29) is 25.6 Å². The maximum Gasteiger partial charge on any atom is 0.389 e. The van der Waals surface area contributed by atoms with Crippen LogP contribution in [0.4, 0.5) is 13.2 Å². The van der Waals surface area contributed by atoms with Gasteiger partial charge in [0.2, 0.25) is 0 Å². The zero-order valence-electron chi connectivity index (χ0n) is 9.31. The molecule has 1 fully saturated rings. The van der Waals surface area contributed by atoms with Gasteiger partial charge in [-0.25, -0.2) is 0 Å². The van der Waals surface area contributed by atoms with Crippen molar-refractivity contribution in [3.8, 4) is 0 Å². The molecule has 0 bridgehead atoms. The van der Waals surface area contributed by atoms with Crippen molar-refractivity contribution in [2.45, 2.75) is 44.1 Å². The summed E-state index contributed by atoms with van der Waals surface area (Å²) >= 11 is 0. The fourth-order valence-corrected chi connectivity index (χ4v) is 1.72. The van der Waals surface area contributed by atoms with E-state index in [1.54, 1.807) is 6.92 Å². The van der Waals surface area contributed by atoms with Crippen LogP contribution in [0.2, 0.25) is 0 Å². The Labute approximate surface area is 93.0 Å². The summed E-state index contributed by atoms with van der Waals surface area (Å²) in [5.41, 5.74) is -0.932. The van der Waals surface area contributed by atoms with Gasteiger partial charge in [-0.2, -0.15) is 13.2 Å². The van der Waals surface area contributed by atoms with Crippen molar-refractivity contribution < 1.29 is 23.0 Å². The highest BCUT2D eigenvalue weighted by Gasteiger charge is 2.39. The normalized spacial score (nSPS) is 30.9. The van der Waals surface area contributed by atoms with Gasteiger partial charge in [0.05, 0.1) is 6.10 Å². The second-order valence-electron chi connectivity index (χ2n) is 4.26. The third-order valence-electron chi connectivity index (χ3n) is 2.90. The highest BCUT2D eigenvalue weighted by Crippen LogP contribution is 2.25. The molecule has 0 spiro atoms. The fourth-order valence-electron chi connectivity index (χ4n) is 1.72. The predicted molar refractivity (Wildman–Crippen MR) is 53.1 cm³/mol. The summed E-state index contributed by atoms with van der Waals surface area (Å²) in [5, 5.41) is 12.9. The Morgan fingerprint density at radius 2 is 2.19 bits per heavy atom. The van der Waals surface area contributed by atoms with E-state index in [9.17, 15) is 18.3 Å². The van der Waals surface area contributed by atoms with Crippen LogP contribution in [0.5, 0.6) is 0 Å². The summed E-state index contributed by atoms with van der Waals surface area (Å²) in [6.45, 7) is 2.81. The zero-order chi connectivity index (χ0) is 12.2. The van der Waals surface area contributed by atoms with Crippen molar-refractivity contribution in [2.75, 3.05) is 19.7 Å². The molecule has 96 valence electrons. The highest BCUT2D eigenvalue weighted by atomic mass is 19.4. The van der Waals surface area contributed by atoms with E-state index in [0.29, 0.717) is 13.0 Å². The molecule has 0 amide bonds. The molecule has 2 unspecified atom stereocenters. The summed E-state index contributed by atoms with van der Waals surface area (Å²) < 4.78 is 40.7. The van der Waals surface area contributed by atoms with E-state index in [1.165, 1.54) is 0 Å². The van der Waals surface area contributed by atoms with Gasteiger partial charge in [-0.1, -0.05) is 0 Å². The molecule has 0 aromatic heterocycles. The molecule has 2 atom stereocenters. The van der Waals surface area contributed by atoms with Gasteiger partial charge in [0.1, 0.15) is 5.60 Å². The lowest BCUT2D eigenvalue weighted by Gasteiger charge is -2.26. The number of hydrogen-bond donors (Lipinski definition) is 2. The number of hydrogen-bond acceptors (Lipinski definition) is 3. The van der Waals surface area contributed by atoms with Crippen LogP contribution in [-0.2, 0) is 4.74 Å². The second-order valence-corrected chi connectivity index (χ2v) is 4.26. The minimum atomic E-state index is -4.09. The predicted octanol–water partition coefficient (Wildman–Crippen LogP) is 1.46. The van der Waals surface area contributed by atoms with E-state index in [1.807, 2.05) is 0 Å². The Hall–Kier alpha value is -0.330. The summed E-state index contributed by atoms with van der Waals surface area (Å²) in [5.74, 6) is 0. The van der Waals surface area contributed by atoms with Crippen LogP contribution in [0.3, 0.4) is 0 Å². The molecule has 2 N–H and O–H groups in total. The minimum absolute atomic E-state index is 0.0365. The van der Waals surface area contributed by atoms with Crippen LogP contribution in [-0.4, -0.2) is 42.7 Å². The lowest BCUT2D eigenvalue weighted by Crippen LogP contribution is -2.46. The van der Waals surface area contributed by atoms with Gasteiger partial charge >= 0.3 is 6.18 Å².